The Kier molecular flexibility index (Phi) is 3.18. The SMILES string of the molecule is COC(=O)c1cc2c(Cl)c(I)ccc2s1. The highest BCUT2D eigenvalue weighted by Gasteiger charge is 2.13. The third kappa shape index (κ3) is 1.98. The highest BCUT2D eigenvalue weighted by Crippen LogP contribution is 2.34. The maximum atomic E-state index is 11.3. The molecular weight excluding hydrogens is 347 g/mol. The molecule has 0 aliphatic rings. The van der Waals surface area contributed by atoms with Gasteiger partial charge in [0.2, 0.25) is 0 Å². The predicted octanol–water partition coefficient (Wildman–Crippen LogP) is 3.95. The maximum absolute atomic E-state index is 11.3. The molecule has 15 heavy (non-hydrogen) atoms. The summed E-state index contributed by atoms with van der Waals surface area (Å²) in [7, 11) is 1.37. The molecule has 0 saturated carbocycles. The number of carbonyl (C=O) groups is 1. The number of rotatable bonds is 1. The van der Waals surface area contributed by atoms with Crippen LogP contribution < -0.4 is 0 Å². The first kappa shape index (κ1) is 11.2. The summed E-state index contributed by atoms with van der Waals surface area (Å²) < 4.78 is 6.65. The van der Waals surface area contributed by atoms with Crippen LogP contribution >= 0.6 is 45.5 Å². The van der Waals surface area contributed by atoms with Crippen molar-refractivity contribution >= 4 is 61.6 Å². The smallest absolute Gasteiger partial charge is 0.348 e. The van der Waals surface area contributed by atoms with E-state index in [1.54, 1.807) is 6.07 Å². The van der Waals surface area contributed by atoms with Crippen molar-refractivity contribution in [1.82, 2.24) is 0 Å². The second-order valence-electron chi connectivity index (χ2n) is 2.88. The third-order valence-electron chi connectivity index (χ3n) is 1.97. The molecule has 0 bridgehead atoms. The van der Waals surface area contributed by atoms with Gasteiger partial charge in [0.1, 0.15) is 4.88 Å². The molecule has 0 amide bonds. The molecule has 0 spiro atoms. The van der Waals surface area contributed by atoms with Gasteiger partial charge in [0.25, 0.3) is 0 Å². The first-order valence-corrected chi connectivity index (χ1v) is 6.36. The number of carbonyl (C=O) groups excluding carboxylic acids is 1. The van der Waals surface area contributed by atoms with Gasteiger partial charge in [-0.25, -0.2) is 4.79 Å². The number of fused-ring (bicyclic) bond motifs is 1. The van der Waals surface area contributed by atoms with Crippen molar-refractivity contribution in [2.45, 2.75) is 0 Å². The minimum Gasteiger partial charge on any atom is -0.465 e. The van der Waals surface area contributed by atoms with Crippen LogP contribution in [0.1, 0.15) is 9.67 Å². The summed E-state index contributed by atoms with van der Waals surface area (Å²) in [5, 5.41) is 1.61. The molecule has 2 nitrogen and oxygen atoms in total. The number of methoxy groups -OCH3 is 1. The second kappa shape index (κ2) is 4.27. The summed E-state index contributed by atoms with van der Waals surface area (Å²) >= 11 is 9.69. The number of thiophene rings is 1. The van der Waals surface area contributed by atoms with Crippen LogP contribution in [0.5, 0.6) is 0 Å². The minimum atomic E-state index is -0.317. The van der Waals surface area contributed by atoms with Crippen molar-refractivity contribution < 1.29 is 9.53 Å². The van der Waals surface area contributed by atoms with Crippen molar-refractivity contribution in [2.24, 2.45) is 0 Å². The number of hydrogen-bond donors (Lipinski definition) is 0. The Morgan fingerprint density at radius 2 is 2.27 bits per heavy atom. The zero-order valence-electron chi connectivity index (χ0n) is 7.71. The fourth-order valence-corrected chi connectivity index (χ4v) is 2.99. The van der Waals surface area contributed by atoms with Crippen LogP contribution in [-0.4, -0.2) is 13.1 Å². The first-order chi connectivity index (χ1) is 7.13. The number of benzene rings is 1. The lowest BCUT2D eigenvalue weighted by atomic mass is 10.2. The van der Waals surface area contributed by atoms with E-state index in [2.05, 4.69) is 27.3 Å². The highest BCUT2D eigenvalue weighted by atomic mass is 127. The van der Waals surface area contributed by atoms with E-state index in [0.717, 1.165) is 13.7 Å². The van der Waals surface area contributed by atoms with Crippen LogP contribution in [0.15, 0.2) is 18.2 Å². The molecule has 0 fully saturated rings. The molecule has 78 valence electrons. The number of halogens is 2. The molecule has 0 atom stereocenters. The molecule has 1 aromatic heterocycles. The molecular formula is C10H6ClIO2S. The monoisotopic (exact) mass is 352 g/mol. The highest BCUT2D eigenvalue weighted by molar-refractivity contribution is 14.1. The van der Waals surface area contributed by atoms with E-state index in [9.17, 15) is 4.79 Å². The van der Waals surface area contributed by atoms with E-state index in [1.165, 1.54) is 18.4 Å². The minimum absolute atomic E-state index is 0.317. The zero-order chi connectivity index (χ0) is 11.0. The molecule has 2 aromatic rings. The van der Waals surface area contributed by atoms with Gasteiger partial charge in [-0.15, -0.1) is 11.3 Å². The van der Waals surface area contributed by atoms with E-state index in [1.807, 2.05) is 12.1 Å². The molecule has 0 aliphatic carbocycles. The molecule has 0 N–H and O–H groups in total. The zero-order valence-corrected chi connectivity index (χ0v) is 11.4. The average molecular weight is 353 g/mol. The second-order valence-corrected chi connectivity index (χ2v) is 5.50. The molecule has 1 heterocycles. The van der Waals surface area contributed by atoms with Crippen LogP contribution in [0.25, 0.3) is 10.1 Å². The van der Waals surface area contributed by atoms with Gasteiger partial charge in [-0.2, -0.15) is 0 Å². The summed E-state index contributed by atoms with van der Waals surface area (Å²) in [6, 6.07) is 5.67. The van der Waals surface area contributed by atoms with Gasteiger partial charge < -0.3 is 4.74 Å². The number of ether oxygens (including phenoxy) is 1. The van der Waals surface area contributed by atoms with Crippen molar-refractivity contribution in [2.75, 3.05) is 7.11 Å². The Labute approximate surface area is 109 Å². The Morgan fingerprint density at radius 1 is 1.53 bits per heavy atom. The Bertz CT molecular complexity index is 535. The van der Waals surface area contributed by atoms with Crippen molar-refractivity contribution in [3.8, 4) is 0 Å². The Morgan fingerprint density at radius 3 is 2.93 bits per heavy atom. The van der Waals surface area contributed by atoms with E-state index in [4.69, 9.17) is 11.6 Å². The van der Waals surface area contributed by atoms with Crippen LogP contribution in [0.2, 0.25) is 5.02 Å². The largest absolute Gasteiger partial charge is 0.465 e. The molecule has 0 radical (unpaired) electrons. The van der Waals surface area contributed by atoms with E-state index < -0.39 is 0 Å². The van der Waals surface area contributed by atoms with Crippen LogP contribution in [0, 0.1) is 3.57 Å². The fourth-order valence-electron chi connectivity index (χ4n) is 1.25. The molecule has 2 rings (SSSR count). The fraction of sp³-hybridized carbons (Fsp3) is 0.100. The van der Waals surface area contributed by atoms with Gasteiger partial charge in [-0.3, -0.25) is 0 Å². The van der Waals surface area contributed by atoms with E-state index in [-0.39, 0.29) is 5.97 Å². The standard InChI is InChI=1S/C10H6ClIO2S/c1-14-10(13)8-4-5-7(15-8)3-2-6(12)9(5)11/h2-4H,1H3. The van der Waals surface area contributed by atoms with Crippen molar-refractivity contribution in [1.29, 1.82) is 0 Å². The summed E-state index contributed by atoms with van der Waals surface area (Å²) in [6.45, 7) is 0. The first-order valence-electron chi connectivity index (χ1n) is 4.09. The average Bonchev–Trinajstić information content (AvgIpc) is 2.67. The third-order valence-corrected chi connectivity index (χ3v) is 4.68. The van der Waals surface area contributed by atoms with Crippen LogP contribution in [0.4, 0.5) is 0 Å². The molecule has 0 saturated heterocycles. The summed E-state index contributed by atoms with van der Waals surface area (Å²) in [5.41, 5.74) is 0. The topological polar surface area (TPSA) is 26.3 Å². The Balaban J connectivity index is 2.66. The lowest BCUT2D eigenvalue weighted by Gasteiger charge is -1.95. The Hall–Kier alpha value is -0.330. The quantitative estimate of drug-likeness (QED) is 0.574. The van der Waals surface area contributed by atoms with Gasteiger partial charge in [0.05, 0.1) is 12.1 Å². The maximum Gasteiger partial charge on any atom is 0.348 e. The van der Waals surface area contributed by atoms with E-state index in [0.29, 0.717) is 9.90 Å². The van der Waals surface area contributed by atoms with Gasteiger partial charge in [-0.05, 0) is 40.8 Å². The predicted molar refractivity (Wildman–Crippen MR) is 70.9 cm³/mol. The van der Waals surface area contributed by atoms with Crippen molar-refractivity contribution in [3.05, 3.63) is 31.7 Å². The van der Waals surface area contributed by atoms with E-state index >= 15 is 0 Å². The van der Waals surface area contributed by atoms with Gasteiger partial charge >= 0.3 is 5.97 Å². The van der Waals surface area contributed by atoms with Gasteiger partial charge in [0.15, 0.2) is 0 Å². The van der Waals surface area contributed by atoms with Crippen LogP contribution in [0.3, 0.4) is 0 Å². The molecule has 1 aromatic carbocycles. The van der Waals surface area contributed by atoms with Gasteiger partial charge in [-0.1, -0.05) is 11.6 Å². The molecule has 0 aliphatic heterocycles. The molecule has 0 unspecified atom stereocenters. The van der Waals surface area contributed by atoms with Crippen molar-refractivity contribution in [3.63, 3.8) is 0 Å². The summed E-state index contributed by atoms with van der Waals surface area (Å²) in [5.74, 6) is -0.317. The lowest BCUT2D eigenvalue weighted by molar-refractivity contribution is 0.0606. The number of esters is 1. The summed E-state index contributed by atoms with van der Waals surface area (Å²) in [4.78, 5) is 11.9. The number of hydrogen-bond acceptors (Lipinski definition) is 3. The summed E-state index contributed by atoms with van der Waals surface area (Å²) in [6.07, 6.45) is 0. The molecule has 5 heteroatoms. The van der Waals surface area contributed by atoms with Crippen LogP contribution in [-0.2, 0) is 4.74 Å². The normalized spacial score (nSPS) is 10.6. The van der Waals surface area contributed by atoms with Gasteiger partial charge in [0, 0.05) is 13.7 Å². The lowest BCUT2D eigenvalue weighted by Crippen LogP contribution is -1.96.